The predicted octanol–water partition coefficient (Wildman–Crippen LogP) is 3.64. The molecule has 0 bridgehead atoms. The van der Waals surface area contributed by atoms with Crippen LogP contribution in [0.15, 0.2) is 48.5 Å². The highest BCUT2D eigenvalue weighted by molar-refractivity contribution is 5.92. The molecule has 1 unspecified atom stereocenters. The lowest BCUT2D eigenvalue weighted by atomic mass is 10.0. The molecule has 0 aromatic heterocycles. The molecule has 2 aromatic rings. The quantitative estimate of drug-likeness (QED) is 0.854. The first-order valence-electron chi connectivity index (χ1n) is 7.69. The fourth-order valence-corrected chi connectivity index (χ4v) is 2.45. The first kappa shape index (κ1) is 16.2. The van der Waals surface area contributed by atoms with E-state index < -0.39 is 0 Å². The number of amides is 1. The van der Waals surface area contributed by atoms with Crippen molar-refractivity contribution < 1.29 is 4.79 Å². The molecule has 2 N–H and O–H groups in total. The lowest BCUT2D eigenvalue weighted by molar-refractivity contribution is -0.115. The average molecular weight is 296 g/mol. The van der Waals surface area contributed by atoms with Crippen LogP contribution in [0.1, 0.15) is 29.5 Å². The number of nitrogens with one attached hydrogen (secondary N) is 2. The Morgan fingerprint density at radius 3 is 2.50 bits per heavy atom. The summed E-state index contributed by atoms with van der Waals surface area (Å²) in [5.74, 6) is 0.377. The van der Waals surface area contributed by atoms with Crippen LogP contribution in [0.5, 0.6) is 0 Å². The summed E-state index contributed by atoms with van der Waals surface area (Å²) < 4.78 is 0. The smallest absolute Gasteiger partial charge is 0.238 e. The molecular formula is C19H24N2O. The molecule has 0 saturated heterocycles. The summed E-state index contributed by atoms with van der Waals surface area (Å²) >= 11 is 0. The highest BCUT2D eigenvalue weighted by atomic mass is 16.1. The monoisotopic (exact) mass is 296 g/mol. The minimum Gasteiger partial charge on any atom is -0.325 e. The molecule has 3 heteroatoms. The maximum atomic E-state index is 12.0. The average Bonchev–Trinajstić information content (AvgIpc) is 2.51. The van der Waals surface area contributed by atoms with E-state index in [1.807, 2.05) is 44.2 Å². The van der Waals surface area contributed by atoms with Gasteiger partial charge in [0.1, 0.15) is 0 Å². The molecule has 0 fully saturated rings. The number of anilines is 1. The van der Waals surface area contributed by atoms with Gasteiger partial charge in [-0.25, -0.2) is 0 Å². The molecule has 1 atom stereocenters. The molecule has 0 heterocycles. The third-order valence-corrected chi connectivity index (χ3v) is 3.76. The van der Waals surface area contributed by atoms with E-state index in [-0.39, 0.29) is 5.91 Å². The molecule has 0 saturated carbocycles. The Morgan fingerprint density at radius 2 is 1.82 bits per heavy atom. The van der Waals surface area contributed by atoms with Gasteiger partial charge in [0, 0.05) is 12.2 Å². The summed E-state index contributed by atoms with van der Waals surface area (Å²) in [6, 6.07) is 16.4. The third-order valence-electron chi connectivity index (χ3n) is 3.76. The van der Waals surface area contributed by atoms with E-state index in [1.165, 1.54) is 11.1 Å². The van der Waals surface area contributed by atoms with E-state index in [0.717, 1.165) is 17.8 Å². The van der Waals surface area contributed by atoms with Crippen LogP contribution in [0.2, 0.25) is 0 Å². The Hall–Kier alpha value is -2.13. The zero-order valence-electron chi connectivity index (χ0n) is 13.5. The van der Waals surface area contributed by atoms with Crippen LogP contribution in [0.3, 0.4) is 0 Å². The molecule has 0 aliphatic rings. The summed E-state index contributed by atoms with van der Waals surface area (Å²) in [5, 5.41) is 6.17. The standard InChI is InChI=1S/C19H24N2O/c1-14-9-10-18(15(2)11-14)21-19(22)13-20-12-16(3)17-7-5-4-6-8-17/h4-11,16,20H,12-13H2,1-3H3,(H,21,22). The van der Waals surface area contributed by atoms with E-state index in [9.17, 15) is 4.79 Å². The van der Waals surface area contributed by atoms with Gasteiger partial charge in [0.2, 0.25) is 5.91 Å². The molecule has 0 spiro atoms. The zero-order chi connectivity index (χ0) is 15.9. The fraction of sp³-hybridized carbons (Fsp3) is 0.316. The van der Waals surface area contributed by atoms with Crippen LogP contribution >= 0.6 is 0 Å². The zero-order valence-corrected chi connectivity index (χ0v) is 13.5. The Kier molecular flexibility index (Phi) is 5.73. The summed E-state index contributed by atoms with van der Waals surface area (Å²) in [6.45, 7) is 7.32. The number of hydrogen-bond donors (Lipinski definition) is 2. The van der Waals surface area contributed by atoms with Gasteiger partial charge in [-0.15, -0.1) is 0 Å². The van der Waals surface area contributed by atoms with Crippen LogP contribution in [-0.4, -0.2) is 19.0 Å². The van der Waals surface area contributed by atoms with Crippen LogP contribution < -0.4 is 10.6 Å². The van der Waals surface area contributed by atoms with Crippen molar-refractivity contribution in [3.8, 4) is 0 Å². The van der Waals surface area contributed by atoms with Crippen molar-refractivity contribution in [3.05, 3.63) is 65.2 Å². The second-order valence-electron chi connectivity index (χ2n) is 5.81. The highest BCUT2D eigenvalue weighted by Gasteiger charge is 2.07. The number of rotatable bonds is 6. The molecule has 0 aliphatic carbocycles. The Bertz CT molecular complexity index is 623. The van der Waals surface area contributed by atoms with E-state index >= 15 is 0 Å². The number of benzene rings is 2. The lowest BCUT2D eigenvalue weighted by Crippen LogP contribution is -2.30. The van der Waals surface area contributed by atoms with Crippen molar-refractivity contribution in [2.75, 3.05) is 18.4 Å². The summed E-state index contributed by atoms with van der Waals surface area (Å²) in [6.07, 6.45) is 0. The molecule has 2 rings (SSSR count). The van der Waals surface area contributed by atoms with Crippen molar-refractivity contribution in [3.63, 3.8) is 0 Å². The van der Waals surface area contributed by atoms with Gasteiger partial charge in [0.15, 0.2) is 0 Å². The largest absolute Gasteiger partial charge is 0.325 e. The highest BCUT2D eigenvalue weighted by Crippen LogP contribution is 2.16. The van der Waals surface area contributed by atoms with Gasteiger partial charge in [0.25, 0.3) is 0 Å². The SMILES string of the molecule is Cc1ccc(NC(=O)CNCC(C)c2ccccc2)c(C)c1. The minimum atomic E-state index is -0.00721. The predicted molar refractivity (Wildman–Crippen MR) is 92.3 cm³/mol. The van der Waals surface area contributed by atoms with Gasteiger partial charge < -0.3 is 10.6 Å². The molecule has 3 nitrogen and oxygen atoms in total. The van der Waals surface area contributed by atoms with Crippen LogP contribution in [0, 0.1) is 13.8 Å². The second-order valence-corrected chi connectivity index (χ2v) is 5.81. The molecular weight excluding hydrogens is 272 g/mol. The maximum Gasteiger partial charge on any atom is 0.238 e. The Morgan fingerprint density at radius 1 is 1.09 bits per heavy atom. The maximum absolute atomic E-state index is 12.0. The number of hydrogen-bond acceptors (Lipinski definition) is 2. The summed E-state index contributed by atoms with van der Waals surface area (Å²) in [5.41, 5.74) is 4.45. The molecule has 0 radical (unpaired) electrons. The lowest BCUT2D eigenvalue weighted by Gasteiger charge is -2.13. The topological polar surface area (TPSA) is 41.1 Å². The van der Waals surface area contributed by atoms with E-state index in [2.05, 4.69) is 35.8 Å². The van der Waals surface area contributed by atoms with Gasteiger partial charge in [-0.1, -0.05) is 55.0 Å². The van der Waals surface area contributed by atoms with Crippen molar-refractivity contribution in [1.29, 1.82) is 0 Å². The molecule has 0 aliphatic heterocycles. The molecule has 116 valence electrons. The number of aryl methyl sites for hydroxylation is 2. The van der Waals surface area contributed by atoms with Gasteiger partial charge in [-0.2, -0.15) is 0 Å². The minimum absolute atomic E-state index is 0.00721. The van der Waals surface area contributed by atoms with Crippen molar-refractivity contribution in [1.82, 2.24) is 5.32 Å². The Labute approximate surface area is 132 Å². The van der Waals surface area contributed by atoms with Crippen molar-refractivity contribution in [2.45, 2.75) is 26.7 Å². The van der Waals surface area contributed by atoms with Gasteiger partial charge in [-0.3, -0.25) is 4.79 Å². The second kappa shape index (κ2) is 7.76. The van der Waals surface area contributed by atoms with E-state index in [4.69, 9.17) is 0 Å². The Balaban J connectivity index is 1.78. The normalized spacial score (nSPS) is 12.0. The first-order chi connectivity index (χ1) is 10.6. The molecule has 22 heavy (non-hydrogen) atoms. The first-order valence-corrected chi connectivity index (χ1v) is 7.69. The van der Waals surface area contributed by atoms with Gasteiger partial charge in [0.05, 0.1) is 6.54 Å². The summed E-state index contributed by atoms with van der Waals surface area (Å²) in [4.78, 5) is 12.0. The van der Waals surface area contributed by atoms with Crippen molar-refractivity contribution in [2.24, 2.45) is 0 Å². The summed E-state index contributed by atoms with van der Waals surface area (Å²) in [7, 11) is 0. The van der Waals surface area contributed by atoms with Gasteiger partial charge >= 0.3 is 0 Å². The van der Waals surface area contributed by atoms with Crippen LogP contribution in [0.25, 0.3) is 0 Å². The number of carbonyl (C=O) groups excluding carboxylic acids is 1. The van der Waals surface area contributed by atoms with Crippen molar-refractivity contribution >= 4 is 11.6 Å². The van der Waals surface area contributed by atoms with Crippen LogP contribution in [0.4, 0.5) is 5.69 Å². The van der Waals surface area contributed by atoms with Crippen LogP contribution in [-0.2, 0) is 4.79 Å². The molecule has 1 amide bonds. The fourth-order valence-electron chi connectivity index (χ4n) is 2.45. The third kappa shape index (κ3) is 4.71. The van der Waals surface area contributed by atoms with Gasteiger partial charge in [-0.05, 0) is 37.0 Å². The molecule has 2 aromatic carbocycles. The van der Waals surface area contributed by atoms with E-state index in [0.29, 0.717) is 12.5 Å². The number of carbonyl (C=O) groups is 1. The van der Waals surface area contributed by atoms with E-state index in [1.54, 1.807) is 0 Å².